The normalized spacial score (nSPS) is 11.0. The maximum Gasteiger partial charge on any atom is 0.125 e. The van der Waals surface area contributed by atoms with Crippen molar-refractivity contribution in [1.82, 2.24) is 9.97 Å². The fraction of sp³-hybridized carbons (Fsp3) is 0.0769. The van der Waals surface area contributed by atoms with E-state index in [0.717, 1.165) is 27.2 Å². The number of thiazole rings is 1. The van der Waals surface area contributed by atoms with Crippen molar-refractivity contribution >= 4 is 45.4 Å². The number of fused-ring (bicyclic) bond motifs is 1. The molecule has 0 atom stereocenters. The van der Waals surface area contributed by atoms with Gasteiger partial charge in [-0.25, -0.2) is 4.98 Å². The summed E-state index contributed by atoms with van der Waals surface area (Å²) in [5.41, 5.74) is 2.76. The molecule has 3 rings (SSSR count). The average Bonchev–Trinajstić information content (AvgIpc) is 2.88. The van der Waals surface area contributed by atoms with E-state index in [1.165, 1.54) is 0 Å². The number of rotatable bonds is 2. The van der Waals surface area contributed by atoms with Crippen LogP contribution in [0, 0.1) is 0 Å². The van der Waals surface area contributed by atoms with Crippen molar-refractivity contribution < 1.29 is 0 Å². The van der Waals surface area contributed by atoms with Crippen molar-refractivity contribution in [3.8, 4) is 10.6 Å². The molecule has 1 aromatic carbocycles. The summed E-state index contributed by atoms with van der Waals surface area (Å²) in [6.07, 6.45) is 1.76. The molecule has 0 bridgehead atoms. The highest BCUT2D eigenvalue weighted by Gasteiger charge is 2.10. The van der Waals surface area contributed by atoms with Crippen molar-refractivity contribution in [3.05, 3.63) is 46.6 Å². The summed E-state index contributed by atoms with van der Waals surface area (Å²) in [5, 5.41) is 4.53. The number of aromatic nitrogens is 2. The molecule has 0 amide bonds. The van der Waals surface area contributed by atoms with Gasteiger partial charge >= 0.3 is 0 Å². The summed E-state index contributed by atoms with van der Waals surface area (Å²) in [6.45, 7) is 0. The van der Waals surface area contributed by atoms with Crippen LogP contribution in [-0.2, 0) is 5.88 Å². The largest absolute Gasteiger partial charge is 0.255 e. The molecular weight excluding hydrogens is 287 g/mol. The Hall–Kier alpha value is -1.16. The van der Waals surface area contributed by atoms with Crippen LogP contribution in [-0.4, -0.2) is 9.97 Å². The van der Waals surface area contributed by atoms with Crippen LogP contribution in [0.5, 0.6) is 0 Å². The Labute approximate surface area is 118 Å². The molecule has 90 valence electrons. The van der Waals surface area contributed by atoms with Crippen LogP contribution in [0.3, 0.4) is 0 Å². The van der Waals surface area contributed by atoms with E-state index in [1.54, 1.807) is 17.5 Å². The minimum Gasteiger partial charge on any atom is -0.255 e. The van der Waals surface area contributed by atoms with Gasteiger partial charge in [-0.05, 0) is 24.3 Å². The number of nitrogens with zero attached hydrogens (tertiary/aromatic N) is 2. The van der Waals surface area contributed by atoms with Gasteiger partial charge < -0.3 is 0 Å². The molecule has 0 spiro atoms. The lowest BCUT2D eigenvalue weighted by atomic mass is 10.1. The van der Waals surface area contributed by atoms with Crippen LogP contribution in [0.15, 0.2) is 35.8 Å². The Balaban J connectivity index is 2.26. The lowest BCUT2D eigenvalue weighted by Crippen LogP contribution is -1.85. The number of halogens is 2. The van der Waals surface area contributed by atoms with E-state index in [2.05, 4.69) is 9.97 Å². The third kappa shape index (κ3) is 1.99. The number of benzene rings is 1. The third-order valence-corrected chi connectivity index (χ3v) is 4.16. The molecule has 2 aromatic heterocycles. The van der Waals surface area contributed by atoms with Crippen LogP contribution in [0.25, 0.3) is 21.5 Å². The fourth-order valence-corrected chi connectivity index (χ4v) is 3.09. The second kappa shape index (κ2) is 4.84. The number of pyridine rings is 1. The van der Waals surface area contributed by atoms with Gasteiger partial charge in [-0.2, -0.15) is 0 Å². The van der Waals surface area contributed by atoms with Crippen LogP contribution in [0.2, 0.25) is 5.02 Å². The maximum absolute atomic E-state index is 6.17. The van der Waals surface area contributed by atoms with Gasteiger partial charge in [-0.3, -0.25) is 4.98 Å². The highest BCUT2D eigenvalue weighted by molar-refractivity contribution is 7.13. The summed E-state index contributed by atoms with van der Waals surface area (Å²) in [4.78, 5) is 8.88. The van der Waals surface area contributed by atoms with Gasteiger partial charge in [0.25, 0.3) is 0 Å². The molecule has 0 aliphatic rings. The molecule has 2 nitrogen and oxygen atoms in total. The Kier molecular flexibility index (Phi) is 3.20. The van der Waals surface area contributed by atoms with Crippen molar-refractivity contribution in [1.29, 1.82) is 0 Å². The monoisotopic (exact) mass is 294 g/mol. The molecule has 0 fully saturated rings. The van der Waals surface area contributed by atoms with Gasteiger partial charge in [-0.15, -0.1) is 22.9 Å². The molecule has 5 heteroatoms. The van der Waals surface area contributed by atoms with Gasteiger partial charge in [-0.1, -0.05) is 11.6 Å². The summed E-state index contributed by atoms with van der Waals surface area (Å²) in [7, 11) is 0. The van der Waals surface area contributed by atoms with E-state index in [0.29, 0.717) is 10.9 Å². The predicted octanol–water partition coefficient (Wildman–Crippen LogP) is 4.75. The molecule has 0 unspecified atom stereocenters. The predicted molar refractivity (Wildman–Crippen MR) is 77.4 cm³/mol. The quantitative estimate of drug-likeness (QED) is 0.637. The molecule has 0 radical (unpaired) electrons. The number of hydrogen-bond acceptors (Lipinski definition) is 3. The second-order valence-electron chi connectivity index (χ2n) is 3.77. The van der Waals surface area contributed by atoms with Crippen molar-refractivity contribution in [2.24, 2.45) is 0 Å². The fourth-order valence-electron chi connectivity index (χ4n) is 1.80. The Morgan fingerprint density at radius 2 is 2.11 bits per heavy atom. The van der Waals surface area contributed by atoms with E-state index in [9.17, 15) is 0 Å². The van der Waals surface area contributed by atoms with Crippen molar-refractivity contribution in [2.75, 3.05) is 0 Å². The number of hydrogen-bond donors (Lipinski definition) is 0. The van der Waals surface area contributed by atoms with E-state index in [4.69, 9.17) is 23.2 Å². The van der Waals surface area contributed by atoms with Crippen LogP contribution < -0.4 is 0 Å². The lowest BCUT2D eigenvalue weighted by molar-refractivity contribution is 1.23. The standard InChI is InChI=1S/C13H8Cl2N2S/c14-6-8-7-18-13(17-8)10-3-4-11(15)9-2-1-5-16-12(9)10/h1-5,7H,6H2. The van der Waals surface area contributed by atoms with E-state index in [-0.39, 0.29) is 0 Å². The van der Waals surface area contributed by atoms with Crippen LogP contribution in [0.1, 0.15) is 5.69 Å². The third-order valence-electron chi connectivity index (χ3n) is 2.64. The second-order valence-corrected chi connectivity index (χ2v) is 5.30. The van der Waals surface area contributed by atoms with Gasteiger partial charge in [0.2, 0.25) is 0 Å². The van der Waals surface area contributed by atoms with Crippen molar-refractivity contribution in [3.63, 3.8) is 0 Å². The molecule has 0 N–H and O–H groups in total. The maximum atomic E-state index is 6.17. The highest BCUT2D eigenvalue weighted by Crippen LogP contribution is 2.33. The summed E-state index contributed by atoms with van der Waals surface area (Å²) >= 11 is 13.5. The van der Waals surface area contributed by atoms with Gasteiger partial charge in [0, 0.05) is 22.5 Å². The van der Waals surface area contributed by atoms with E-state index in [1.807, 2.05) is 29.6 Å². The lowest BCUT2D eigenvalue weighted by Gasteiger charge is -2.04. The van der Waals surface area contributed by atoms with Crippen molar-refractivity contribution in [2.45, 2.75) is 5.88 Å². The first kappa shape index (κ1) is 11.9. The molecule has 0 saturated carbocycles. The topological polar surface area (TPSA) is 25.8 Å². The zero-order valence-corrected chi connectivity index (χ0v) is 11.6. The molecule has 3 aromatic rings. The first-order valence-corrected chi connectivity index (χ1v) is 7.13. The smallest absolute Gasteiger partial charge is 0.125 e. The summed E-state index contributed by atoms with van der Waals surface area (Å²) in [5.74, 6) is 0.426. The summed E-state index contributed by atoms with van der Waals surface area (Å²) in [6, 6.07) is 7.67. The Morgan fingerprint density at radius 3 is 2.89 bits per heavy atom. The molecule has 2 heterocycles. The Morgan fingerprint density at radius 1 is 1.22 bits per heavy atom. The highest BCUT2D eigenvalue weighted by atomic mass is 35.5. The minimum atomic E-state index is 0.426. The van der Waals surface area contributed by atoms with E-state index < -0.39 is 0 Å². The molecular formula is C13H8Cl2N2S. The SMILES string of the molecule is ClCc1csc(-c2ccc(Cl)c3cccnc23)n1. The first-order valence-electron chi connectivity index (χ1n) is 5.33. The molecule has 18 heavy (non-hydrogen) atoms. The minimum absolute atomic E-state index is 0.426. The average molecular weight is 295 g/mol. The molecule has 0 aliphatic carbocycles. The zero-order chi connectivity index (χ0) is 12.5. The van der Waals surface area contributed by atoms with Gasteiger partial charge in [0.15, 0.2) is 0 Å². The zero-order valence-electron chi connectivity index (χ0n) is 9.23. The van der Waals surface area contributed by atoms with Crippen LogP contribution >= 0.6 is 34.5 Å². The van der Waals surface area contributed by atoms with Gasteiger partial charge in [0.1, 0.15) is 5.01 Å². The number of alkyl halides is 1. The Bertz CT molecular complexity index is 709. The van der Waals surface area contributed by atoms with Crippen LogP contribution in [0.4, 0.5) is 0 Å². The molecule has 0 aliphatic heterocycles. The van der Waals surface area contributed by atoms with E-state index >= 15 is 0 Å². The summed E-state index contributed by atoms with van der Waals surface area (Å²) < 4.78 is 0. The molecule has 0 saturated heterocycles. The van der Waals surface area contributed by atoms with Gasteiger partial charge in [0.05, 0.1) is 22.1 Å². The first-order chi connectivity index (χ1) is 8.79.